The Hall–Kier alpha value is -2.74. The smallest absolute Gasteiger partial charge is 0.270 e. The fraction of sp³-hybridized carbons (Fsp3) is 0.250. The van der Waals surface area contributed by atoms with Crippen molar-refractivity contribution < 1.29 is 9.59 Å². The molecule has 0 radical (unpaired) electrons. The number of aromatic nitrogens is 1. The molecule has 7 nitrogen and oxygen atoms in total. The Morgan fingerprint density at radius 2 is 2.12 bits per heavy atom. The van der Waals surface area contributed by atoms with E-state index in [2.05, 4.69) is 10.1 Å². The van der Waals surface area contributed by atoms with Gasteiger partial charge in [0.2, 0.25) is 5.91 Å². The SMILES string of the molecule is CN(Cc1cscn1)C(=O)C1=NN(c2ccccc2)C(C(N)=O)C1. The van der Waals surface area contributed by atoms with Crippen molar-refractivity contribution in [2.24, 2.45) is 10.8 Å². The first-order valence-corrected chi connectivity index (χ1v) is 8.34. The van der Waals surface area contributed by atoms with Crippen molar-refractivity contribution in [3.63, 3.8) is 0 Å². The molecular formula is C16H17N5O2S. The van der Waals surface area contributed by atoms with Crippen LogP contribution in [-0.2, 0) is 16.1 Å². The van der Waals surface area contributed by atoms with E-state index in [0.29, 0.717) is 12.3 Å². The molecule has 0 spiro atoms. The van der Waals surface area contributed by atoms with E-state index in [1.54, 1.807) is 17.5 Å². The number of para-hydroxylation sites is 1. The third-order valence-electron chi connectivity index (χ3n) is 3.74. The van der Waals surface area contributed by atoms with Crippen molar-refractivity contribution >= 4 is 34.6 Å². The quantitative estimate of drug-likeness (QED) is 0.883. The van der Waals surface area contributed by atoms with Crippen LogP contribution in [0.5, 0.6) is 0 Å². The van der Waals surface area contributed by atoms with E-state index >= 15 is 0 Å². The van der Waals surface area contributed by atoms with Gasteiger partial charge in [0, 0.05) is 18.8 Å². The molecule has 2 aromatic rings. The zero-order valence-corrected chi connectivity index (χ0v) is 13.9. The molecule has 0 saturated carbocycles. The summed E-state index contributed by atoms with van der Waals surface area (Å²) in [4.78, 5) is 30.1. The van der Waals surface area contributed by atoms with Crippen LogP contribution in [0.2, 0.25) is 0 Å². The highest BCUT2D eigenvalue weighted by Gasteiger charge is 2.35. The van der Waals surface area contributed by atoms with Crippen molar-refractivity contribution in [1.82, 2.24) is 9.88 Å². The number of carbonyl (C=O) groups is 2. The molecule has 1 aliphatic rings. The summed E-state index contributed by atoms with van der Waals surface area (Å²) in [6.07, 6.45) is 0.199. The van der Waals surface area contributed by atoms with Crippen molar-refractivity contribution in [3.05, 3.63) is 46.9 Å². The molecule has 0 saturated heterocycles. The van der Waals surface area contributed by atoms with Gasteiger partial charge in [-0.2, -0.15) is 5.10 Å². The predicted molar refractivity (Wildman–Crippen MR) is 92.5 cm³/mol. The van der Waals surface area contributed by atoms with E-state index in [9.17, 15) is 9.59 Å². The summed E-state index contributed by atoms with van der Waals surface area (Å²) >= 11 is 1.48. The zero-order chi connectivity index (χ0) is 17.1. The number of benzene rings is 1. The van der Waals surface area contributed by atoms with Crippen LogP contribution in [0, 0.1) is 0 Å². The highest BCUT2D eigenvalue weighted by molar-refractivity contribution is 7.07. The average molecular weight is 343 g/mol. The highest BCUT2D eigenvalue weighted by Crippen LogP contribution is 2.25. The van der Waals surface area contributed by atoms with Gasteiger partial charge in [0.1, 0.15) is 11.8 Å². The predicted octanol–water partition coefficient (Wildman–Crippen LogP) is 1.22. The second-order valence-electron chi connectivity index (χ2n) is 5.49. The molecule has 2 N–H and O–H groups in total. The lowest BCUT2D eigenvalue weighted by Crippen LogP contribution is -2.40. The molecule has 2 amide bonds. The summed E-state index contributed by atoms with van der Waals surface area (Å²) in [5.41, 5.74) is 9.08. The minimum absolute atomic E-state index is 0.199. The van der Waals surface area contributed by atoms with Crippen molar-refractivity contribution in [2.75, 3.05) is 12.1 Å². The Morgan fingerprint density at radius 3 is 2.75 bits per heavy atom. The molecule has 3 rings (SSSR count). The van der Waals surface area contributed by atoms with E-state index in [1.165, 1.54) is 16.3 Å². The Morgan fingerprint density at radius 1 is 1.38 bits per heavy atom. The molecule has 1 atom stereocenters. The molecule has 1 aliphatic heterocycles. The van der Waals surface area contributed by atoms with Crippen molar-refractivity contribution in [1.29, 1.82) is 0 Å². The first-order chi connectivity index (χ1) is 11.6. The lowest BCUT2D eigenvalue weighted by molar-refractivity contribution is -0.123. The van der Waals surface area contributed by atoms with E-state index in [-0.39, 0.29) is 12.3 Å². The molecular weight excluding hydrogens is 326 g/mol. The lowest BCUT2D eigenvalue weighted by Gasteiger charge is -2.20. The molecule has 8 heteroatoms. The fourth-order valence-electron chi connectivity index (χ4n) is 2.53. The maximum absolute atomic E-state index is 12.6. The largest absolute Gasteiger partial charge is 0.368 e. The molecule has 2 heterocycles. The minimum Gasteiger partial charge on any atom is -0.368 e. The lowest BCUT2D eigenvalue weighted by atomic mass is 10.1. The van der Waals surface area contributed by atoms with Crippen LogP contribution in [0.1, 0.15) is 12.1 Å². The van der Waals surface area contributed by atoms with Crippen LogP contribution in [0.3, 0.4) is 0 Å². The Labute approximate surface area is 143 Å². The van der Waals surface area contributed by atoms with Crippen LogP contribution in [-0.4, -0.2) is 40.5 Å². The van der Waals surface area contributed by atoms with Gasteiger partial charge in [-0.3, -0.25) is 14.6 Å². The maximum atomic E-state index is 12.6. The summed E-state index contributed by atoms with van der Waals surface area (Å²) in [6, 6.07) is 8.56. The number of hydrazone groups is 1. The number of thiazole rings is 1. The Kier molecular flexibility index (Phi) is 4.57. The van der Waals surface area contributed by atoms with Crippen LogP contribution in [0.4, 0.5) is 5.69 Å². The molecule has 24 heavy (non-hydrogen) atoms. The standard InChI is InChI=1S/C16H17N5O2S/c1-20(8-11-9-24-10-18-11)16(23)13-7-14(15(17)22)21(19-13)12-5-3-2-4-6-12/h2-6,9-10,14H,7-8H2,1H3,(H2,17,22). The highest BCUT2D eigenvalue weighted by atomic mass is 32.1. The number of hydrogen-bond donors (Lipinski definition) is 1. The summed E-state index contributed by atoms with van der Waals surface area (Å²) in [7, 11) is 1.69. The normalized spacial score (nSPS) is 16.8. The number of hydrogen-bond acceptors (Lipinski definition) is 6. The molecule has 124 valence electrons. The molecule has 1 unspecified atom stereocenters. The first-order valence-electron chi connectivity index (χ1n) is 7.40. The van der Waals surface area contributed by atoms with Gasteiger partial charge in [0.15, 0.2) is 0 Å². The third kappa shape index (κ3) is 3.28. The Bertz CT molecular complexity index is 760. The summed E-state index contributed by atoms with van der Waals surface area (Å²) in [5.74, 6) is -0.736. The number of amides is 2. The number of nitrogens with zero attached hydrogens (tertiary/aromatic N) is 4. The molecule has 0 fully saturated rings. The van der Waals surface area contributed by atoms with E-state index < -0.39 is 11.9 Å². The Balaban J connectivity index is 1.80. The van der Waals surface area contributed by atoms with Gasteiger partial charge in [-0.25, -0.2) is 4.98 Å². The molecule has 1 aromatic heterocycles. The number of carbonyl (C=O) groups excluding carboxylic acids is 2. The van der Waals surface area contributed by atoms with E-state index in [0.717, 1.165) is 11.4 Å². The van der Waals surface area contributed by atoms with Gasteiger partial charge < -0.3 is 10.6 Å². The molecule has 0 bridgehead atoms. The monoisotopic (exact) mass is 343 g/mol. The van der Waals surface area contributed by atoms with Crippen LogP contribution >= 0.6 is 11.3 Å². The van der Waals surface area contributed by atoms with Crippen LogP contribution in [0.15, 0.2) is 46.3 Å². The van der Waals surface area contributed by atoms with Gasteiger partial charge in [-0.05, 0) is 12.1 Å². The number of anilines is 1. The summed E-state index contributed by atoms with van der Waals surface area (Å²) < 4.78 is 0. The van der Waals surface area contributed by atoms with E-state index in [4.69, 9.17) is 5.73 Å². The van der Waals surface area contributed by atoms with Crippen LogP contribution < -0.4 is 10.7 Å². The average Bonchev–Trinajstić information content (AvgIpc) is 3.24. The van der Waals surface area contributed by atoms with Gasteiger partial charge in [0.05, 0.1) is 23.4 Å². The number of primary amides is 1. The summed E-state index contributed by atoms with van der Waals surface area (Å²) in [6.45, 7) is 0.397. The number of rotatable bonds is 5. The van der Waals surface area contributed by atoms with Gasteiger partial charge >= 0.3 is 0 Å². The third-order valence-corrected chi connectivity index (χ3v) is 4.37. The second kappa shape index (κ2) is 6.79. The minimum atomic E-state index is -0.654. The van der Waals surface area contributed by atoms with Crippen molar-refractivity contribution in [2.45, 2.75) is 19.0 Å². The molecule has 0 aliphatic carbocycles. The fourth-order valence-corrected chi connectivity index (χ4v) is 3.08. The molecule has 1 aromatic carbocycles. The van der Waals surface area contributed by atoms with Gasteiger partial charge in [-0.15, -0.1) is 11.3 Å². The van der Waals surface area contributed by atoms with Gasteiger partial charge in [0.25, 0.3) is 5.91 Å². The second-order valence-corrected chi connectivity index (χ2v) is 6.21. The first kappa shape index (κ1) is 16.1. The van der Waals surface area contributed by atoms with E-state index in [1.807, 2.05) is 35.7 Å². The van der Waals surface area contributed by atoms with Gasteiger partial charge in [-0.1, -0.05) is 18.2 Å². The summed E-state index contributed by atoms with van der Waals surface area (Å²) in [5, 5.41) is 7.76. The van der Waals surface area contributed by atoms with Crippen LogP contribution in [0.25, 0.3) is 0 Å². The zero-order valence-electron chi connectivity index (χ0n) is 13.1. The van der Waals surface area contributed by atoms with Crippen molar-refractivity contribution in [3.8, 4) is 0 Å². The maximum Gasteiger partial charge on any atom is 0.270 e. The topological polar surface area (TPSA) is 91.9 Å². The number of nitrogens with two attached hydrogens (primary N) is 1.